The number of esters is 1. The molecule has 0 aliphatic carbocycles. The van der Waals surface area contributed by atoms with Gasteiger partial charge in [-0.25, -0.2) is 14.8 Å². The number of carbonyl (C=O) groups is 2. The van der Waals surface area contributed by atoms with Crippen molar-refractivity contribution in [3.05, 3.63) is 47.4 Å². The van der Waals surface area contributed by atoms with E-state index in [0.29, 0.717) is 22.9 Å². The number of ether oxygens (including phenoxy) is 1. The van der Waals surface area contributed by atoms with Crippen LogP contribution in [-0.4, -0.2) is 34.0 Å². The summed E-state index contributed by atoms with van der Waals surface area (Å²) < 4.78 is 5.02. The minimum Gasteiger partial charge on any atom is -0.462 e. The summed E-state index contributed by atoms with van der Waals surface area (Å²) in [7, 11) is 0. The Bertz CT molecular complexity index is 813. The SMILES string of the molecule is CCOC(=O)c1ccccc1NC(=O)c1cc(NC(C)(C)C)nc(C)n1. The Morgan fingerprint density at radius 2 is 1.85 bits per heavy atom. The van der Waals surface area contributed by atoms with Crippen molar-refractivity contribution in [2.75, 3.05) is 17.2 Å². The van der Waals surface area contributed by atoms with Crippen LogP contribution in [0.2, 0.25) is 0 Å². The molecule has 2 N–H and O–H groups in total. The van der Waals surface area contributed by atoms with Crippen molar-refractivity contribution >= 4 is 23.4 Å². The molecule has 0 bridgehead atoms. The van der Waals surface area contributed by atoms with Crippen molar-refractivity contribution < 1.29 is 14.3 Å². The van der Waals surface area contributed by atoms with Gasteiger partial charge in [-0.3, -0.25) is 4.79 Å². The van der Waals surface area contributed by atoms with Gasteiger partial charge in [0.25, 0.3) is 5.91 Å². The van der Waals surface area contributed by atoms with E-state index in [1.165, 1.54) is 0 Å². The summed E-state index contributed by atoms with van der Waals surface area (Å²) >= 11 is 0. The number of aryl methyl sites for hydroxylation is 1. The van der Waals surface area contributed by atoms with E-state index in [-0.39, 0.29) is 17.8 Å². The maximum Gasteiger partial charge on any atom is 0.340 e. The molecule has 0 spiro atoms. The number of aromatic nitrogens is 2. The van der Waals surface area contributed by atoms with Crippen LogP contribution in [0.25, 0.3) is 0 Å². The molecule has 2 aromatic rings. The fourth-order valence-electron chi connectivity index (χ4n) is 2.30. The summed E-state index contributed by atoms with van der Waals surface area (Å²) in [6.45, 7) is 9.71. The Hall–Kier alpha value is -2.96. The van der Waals surface area contributed by atoms with Crippen LogP contribution in [0, 0.1) is 6.92 Å². The van der Waals surface area contributed by atoms with Gasteiger partial charge in [0.2, 0.25) is 0 Å². The molecule has 7 nitrogen and oxygen atoms in total. The van der Waals surface area contributed by atoms with E-state index in [4.69, 9.17) is 4.74 Å². The Balaban J connectivity index is 2.27. The highest BCUT2D eigenvalue weighted by Crippen LogP contribution is 2.18. The van der Waals surface area contributed by atoms with Crippen LogP contribution in [0.5, 0.6) is 0 Å². The molecule has 0 atom stereocenters. The minimum absolute atomic E-state index is 0.203. The van der Waals surface area contributed by atoms with Crippen LogP contribution in [0.4, 0.5) is 11.5 Å². The van der Waals surface area contributed by atoms with Gasteiger partial charge >= 0.3 is 5.97 Å². The second kappa shape index (κ2) is 7.95. The second-order valence-electron chi connectivity index (χ2n) is 6.78. The van der Waals surface area contributed by atoms with E-state index in [1.807, 2.05) is 20.8 Å². The summed E-state index contributed by atoms with van der Waals surface area (Å²) in [5.41, 5.74) is 0.674. The Labute approximate surface area is 153 Å². The quantitative estimate of drug-likeness (QED) is 0.797. The third-order valence-electron chi connectivity index (χ3n) is 3.24. The second-order valence-corrected chi connectivity index (χ2v) is 6.78. The molecule has 2 rings (SSSR count). The Kier molecular flexibility index (Phi) is 5.92. The molecule has 0 saturated heterocycles. The molecule has 0 saturated carbocycles. The van der Waals surface area contributed by atoms with E-state index >= 15 is 0 Å². The smallest absolute Gasteiger partial charge is 0.340 e. The number of hydrogen-bond acceptors (Lipinski definition) is 6. The van der Waals surface area contributed by atoms with Crippen molar-refractivity contribution in [3.8, 4) is 0 Å². The van der Waals surface area contributed by atoms with Crippen molar-refractivity contribution in [2.24, 2.45) is 0 Å². The van der Waals surface area contributed by atoms with Gasteiger partial charge in [0, 0.05) is 11.6 Å². The topological polar surface area (TPSA) is 93.2 Å². The number of anilines is 2. The summed E-state index contributed by atoms with van der Waals surface area (Å²) in [4.78, 5) is 33.2. The fourth-order valence-corrected chi connectivity index (χ4v) is 2.30. The van der Waals surface area contributed by atoms with Gasteiger partial charge in [-0.15, -0.1) is 0 Å². The van der Waals surface area contributed by atoms with Crippen LogP contribution in [0.1, 0.15) is 54.4 Å². The molecule has 0 aliphatic rings. The number of para-hydroxylation sites is 1. The van der Waals surface area contributed by atoms with E-state index in [1.54, 1.807) is 44.2 Å². The standard InChI is InChI=1S/C19H24N4O3/c1-6-26-18(25)13-9-7-8-10-14(13)22-17(24)15-11-16(21-12(2)20-15)23-19(3,4)5/h7-11H,6H2,1-5H3,(H,22,24)(H,20,21,23). The monoisotopic (exact) mass is 356 g/mol. The predicted molar refractivity (Wildman–Crippen MR) is 100 cm³/mol. The molecule has 0 aliphatic heterocycles. The van der Waals surface area contributed by atoms with Gasteiger partial charge in [-0.2, -0.15) is 0 Å². The first-order valence-electron chi connectivity index (χ1n) is 8.41. The predicted octanol–water partition coefficient (Wildman–Crippen LogP) is 3.42. The number of carbonyl (C=O) groups excluding carboxylic acids is 2. The van der Waals surface area contributed by atoms with Crippen LogP contribution in [0.15, 0.2) is 30.3 Å². The Morgan fingerprint density at radius 1 is 1.15 bits per heavy atom. The van der Waals surface area contributed by atoms with Crippen LogP contribution in [0.3, 0.4) is 0 Å². The van der Waals surface area contributed by atoms with E-state index in [0.717, 1.165) is 0 Å². The minimum atomic E-state index is -0.489. The van der Waals surface area contributed by atoms with Crippen molar-refractivity contribution in [1.29, 1.82) is 0 Å². The molecule has 1 aromatic carbocycles. The van der Waals surface area contributed by atoms with E-state index < -0.39 is 11.9 Å². The number of nitrogens with one attached hydrogen (secondary N) is 2. The summed E-state index contributed by atoms with van der Waals surface area (Å²) in [5, 5.41) is 5.95. The third kappa shape index (κ3) is 5.27. The molecule has 7 heteroatoms. The molecule has 1 aromatic heterocycles. The number of hydrogen-bond donors (Lipinski definition) is 2. The molecule has 0 fully saturated rings. The van der Waals surface area contributed by atoms with Crippen molar-refractivity contribution in [3.63, 3.8) is 0 Å². The van der Waals surface area contributed by atoms with Gasteiger partial charge in [0.1, 0.15) is 17.3 Å². The molecule has 0 unspecified atom stereocenters. The van der Waals surface area contributed by atoms with Crippen LogP contribution >= 0.6 is 0 Å². The molecule has 26 heavy (non-hydrogen) atoms. The average molecular weight is 356 g/mol. The van der Waals surface area contributed by atoms with Gasteiger partial charge in [-0.05, 0) is 46.8 Å². The number of nitrogens with zero attached hydrogens (tertiary/aromatic N) is 2. The normalized spacial score (nSPS) is 11.0. The average Bonchev–Trinajstić information content (AvgIpc) is 2.53. The van der Waals surface area contributed by atoms with E-state index in [2.05, 4.69) is 20.6 Å². The van der Waals surface area contributed by atoms with Crippen LogP contribution in [-0.2, 0) is 4.74 Å². The van der Waals surface area contributed by atoms with Crippen molar-refractivity contribution in [2.45, 2.75) is 40.2 Å². The first kappa shape index (κ1) is 19.4. The zero-order valence-corrected chi connectivity index (χ0v) is 15.7. The van der Waals surface area contributed by atoms with Gasteiger partial charge < -0.3 is 15.4 Å². The third-order valence-corrected chi connectivity index (χ3v) is 3.24. The molecule has 1 heterocycles. The highest BCUT2D eigenvalue weighted by Gasteiger charge is 2.18. The molecular weight excluding hydrogens is 332 g/mol. The first-order chi connectivity index (χ1) is 12.2. The highest BCUT2D eigenvalue weighted by molar-refractivity contribution is 6.07. The summed E-state index contributed by atoms with van der Waals surface area (Å²) in [6.07, 6.45) is 0. The first-order valence-corrected chi connectivity index (χ1v) is 8.41. The zero-order valence-electron chi connectivity index (χ0n) is 15.7. The lowest BCUT2D eigenvalue weighted by Crippen LogP contribution is -2.27. The molecule has 138 valence electrons. The largest absolute Gasteiger partial charge is 0.462 e. The lowest BCUT2D eigenvalue weighted by molar-refractivity contribution is 0.0527. The van der Waals surface area contributed by atoms with Gasteiger partial charge in [0.05, 0.1) is 17.9 Å². The van der Waals surface area contributed by atoms with E-state index in [9.17, 15) is 9.59 Å². The maximum atomic E-state index is 12.6. The lowest BCUT2D eigenvalue weighted by atomic mass is 10.1. The number of amides is 1. The summed E-state index contributed by atoms with van der Waals surface area (Å²) in [5.74, 6) is 0.124. The van der Waals surface area contributed by atoms with Crippen molar-refractivity contribution in [1.82, 2.24) is 9.97 Å². The molecule has 0 radical (unpaired) electrons. The Morgan fingerprint density at radius 3 is 2.50 bits per heavy atom. The summed E-state index contributed by atoms with van der Waals surface area (Å²) in [6, 6.07) is 8.27. The van der Waals surface area contributed by atoms with Gasteiger partial charge in [-0.1, -0.05) is 12.1 Å². The zero-order chi connectivity index (χ0) is 19.3. The molecule has 1 amide bonds. The van der Waals surface area contributed by atoms with Crippen LogP contribution < -0.4 is 10.6 Å². The number of benzene rings is 1. The molecular formula is C19H24N4O3. The fraction of sp³-hybridized carbons (Fsp3) is 0.368. The highest BCUT2D eigenvalue weighted by atomic mass is 16.5. The van der Waals surface area contributed by atoms with Gasteiger partial charge in [0.15, 0.2) is 0 Å². The number of rotatable bonds is 5. The lowest BCUT2D eigenvalue weighted by Gasteiger charge is -2.21. The maximum absolute atomic E-state index is 12.6.